The molecule has 2 heterocycles. The number of rotatable bonds is 4. The zero-order valence-corrected chi connectivity index (χ0v) is 10.8. The van der Waals surface area contributed by atoms with Crippen LogP contribution in [0.4, 0.5) is 0 Å². The Morgan fingerprint density at radius 3 is 3.00 bits per heavy atom. The smallest absolute Gasteiger partial charge is 0.254 e. The highest BCUT2D eigenvalue weighted by Gasteiger charge is 2.14. The molecule has 94 valence electrons. The van der Waals surface area contributed by atoms with E-state index in [0.29, 0.717) is 17.9 Å². The van der Waals surface area contributed by atoms with Crippen LogP contribution >= 0.6 is 11.8 Å². The van der Waals surface area contributed by atoms with Gasteiger partial charge in [-0.1, -0.05) is 5.16 Å². The number of carbonyl (C=O) groups is 1. The third-order valence-corrected chi connectivity index (χ3v) is 2.96. The molecule has 6 nitrogen and oxygen atoms in total. The third kappa shape index (κ3) is 2.86. The van der Waals surface area contributed by atoms with E-state index >= 15 is 0 Å². The minimum absolute atomic E-state index is 0.0995. The zero-order valence-electron chi connectivity index (χ0n) is 10.0. The summed E-state index contributed by atoms with van der Waals surface area (Å²) in [5.41, 5.74) is 0.598. The molecule has 0 aromatic carbocycles. The van der Waals surface area contributed by atoms with Crippen LogP contribution in [0.2, 0.25) is 0 Å². The number of thioether (sulfide) groups is 1. The summed E-state index contributed by atoms with van der Waals surface area (Å²) in [7, 11) is 1.69. The molecule has 2 aromatic heterocycles. The molecule has 7 heteroatoms. The van der Waals surface area contributed by atoms with Gasteiger partial charge in [0.05, 0.1) is 11.6 Å². The first-order valence-electron chi connectivity index (χ1n) is 5.21. The molecule has 2 aromatic rings. The molecule has 0 aliphatic heterocycles. The van der Waals surface area contributed by atoms with E-state index in [1.54, 1.807) is 25.4 Å². The fourth-order valence-corrected chi connectivity index (χ4v) is 1.83. The highest BCUT2D eigenvalue weighted by atomic mass is 32.2. The summed E-state index contributed by atoms with van der Waals surface area (Å²) in [6.07, 6.45) is 4.78. The van der Waals surface area contributed by atoms with Gasteiger partial charge in [0.1, 0.15) is 0 Å². The van der Waals surface area contributed by atoms with Crippen LogP contribution in [0, 0.1) is 0 Å². The average molecular weight is 264 g/mol. The Kier molecular flexibility index (Phi) is 3.93. The number of amides is 1. The van der Waals surface area contributed by atoms with Crippen molar-refractivity contribution in [2.45, 2.75) is 11.6 Å². The van der Waals surface area contributed by atoms with Gasteiger partial charge in [-0.3, -0.25) is 4.79 Å². The van der Waals surface area contributed by atoms with Crippen LogP contribution < -0.4 is 0 Å². The first-order chi connectivity index (χ1) is 8.70. The second-order valence-electron chi connectivity index (χ2n) is 3.60. The molecule has 0 N–H and O–H groups in total. The fourth-order valence-electron chi connectivity index (χ4n) is 1.42. The predicted molar refractivity (Wildman–Crippen MR) is 66.1 cm³/mol. The minimum atomic E-state index is -0.0995. The Labute approximate surface area is 108 Å². The van der Waals surface area contributed by atoms with Gasteiger partial charge in [0, 0.05) is 18.8 Å². The zero-order chi connectivity index (χ0) is 13.0. The quantitative estimate of drug-likeness (QED) is 0.778. The van der Waals surface area contributed by atoms with Gasteiger partial charge in [-0.2, -0.15) is 4.98 Å². The summed E-state index contributed by atoms with van der Waals surface area (Å²) in [6.45, 7) is 0.312. The molecule has 0 fully saturated rings. The molecule has 0 unspecified atom stereocenters. The van der Waals surface area contributed by atoms with E-state index in [1.807, 2.05) is 6.26 Å². The van der Waals surface area contributed by atoms with Gasteiger partial charge < -0.3 is 9.42 Å². The van der Waals surface area contributed by atoms with Crippen LogP contribution in [-0.2, 0) is 6.54 Å². The topological polar surface area (TPSA) is 72.1 Å². The SMILES string of the molecule is CSc1cc(C(=O)N(C)Cc2ncon2)ccn1. The second-order valence-corrected chi connectivity index (χ2v) is 4.42. The van der Waals surface area contributed by atoms with E-state index in [2.05, 4.69) is 19.6 Å². The second kappa shape index (κ2) is 5.63. The van der Waals surface area contributed by atoms with Crippen molar-refractivity contribution in [2.24, 2.45) is 0 Å². The summed E-state index contributed by atoms with van der Waals surface area (Å²) in [5, 5.41) is 4.48. The van der Waals surface area contributed by atoms with E-state index in [9.17, 15) is 4.79 Å². The van der Waals surface area contributed by atoms with Crippen LogP contribution in [0.15, 0.2) is 34.3 Å². The highest BCUT2D eigenvalue weighted by molar-refractivity contribution is 7.98. The molecule has 0 bridgehead atoms. The average Bonchev–Trinajstić information content (AvgIpc) is 2.90. The molecule has 0 saturated heterocycles. The first kappa shape index (κ1) is 12.6. The Morgan fingerprint density at radius 1 is 1.50 bits per heavy atom. The number of aromatic nitrogens is 3. The van der Waals surface area contributed by atoms with Crippen molar-refractivity contribution in [2.75, 3.05) is 13.3 Å². The standard InChI is InChI=1S/C11H12N4O2S/c1-15(6-9-13-7-17-14-9)11(16)8-3-4-12-10(5-8)18-2/h3-5,7H,6H2,1-2H3. The van der Waals surface area contributed by atoms with Crippen molar-refractivity contribution in [1.82, 2.24) is 20.0 Å². The van der Waals surface area contributed by atoms with E-state index in [4.69, 9.17) is 0 Å². The number of nitrogens with zero attached hydrogens (tertiary/aromatic N) is 4. The molecular weight excluding hydrogens is 252 g/mol. The van der Waals surface area contributed by atoms with Gasteiger partial charge >= 0.3 is 0 Å². The maximum atomic E-state index is 12.1. The van der Waals surface area contributed by atoms with Gasteiger partial charge in [-0.15, -0.1) is 11.8 Å². The summed E-state index contributed by atoms with van der Waals surface area (Å²) in [6, 6.07) is 3.45. The lowest BCUT2D eigenvalue weighted by atomic mass is 10.2. The van der Waals surface area contributed by atoms with Crippen molar-refractivity contribution < 1.29 is 9.32 Å². The highest BCUT2D eigenvalue weighted by Crippen LogP contribution is 2.14. The number of hydrogen-bond donors (Lipinski definition) is 0. The fraction of sp³-hybridized carbons (Fsp3) is 0.273. The molecule has 0 aliphatic carbocycles. The van der Waals surface area contributed by atoms with Gasteiger partial charge in [-0.05, 0) is 18.4 Å². The molecule has 2 rings (SSSR count). The van der Waals surface area contributed by atoms with Crippen molar-refractivity contribution in [3.05, 3.63) is 36.1 Å². The van der Waals surface area contributed by atoms with Crippen molar-refractivity contribution in [3.63, 3.8) is 0 Å². The summed E-state index contributed by atoms with van der Waals surface area (Å²) >= 11 is 1.50. The monoisotopic (exact) mass is 264 g/mol. The largest absolute Gasteiger partial charge is 0.343 e. The van der Waals surface area contributed by atoms with Crippen LogP contribution in [0.1, 0.15) is 16.2 Å². The molecule has 0 aliphatic rings. The van der Waals surface area contributed by atoms with Gasteiger partial charge in [0.2, 0.25) is 6.39 Å². The molecular formula is C11H12N4O2S. The van der Waals surface area contributed by atoms with Crippen molar-refractivity contribution >= 4 is 17.7 Å². The number of carbonyl (C=O) groups excluding carboxylic acids is 1. The number of hydrogen-bond acceptors (Lipinski definition) is 6. The maximum Gasteiger partial charge on any atom is 0.254 e. The lowest BCUT2D eigenvalue weighted by Crippen LogP contribution is -2.26. The summed E-state index contributed by atoms with van der Waals surface area (Å²) in [5.74, 6) is 0.377. The molecule has 0 radical (unpaired) electrons. The van der Waals surface area contributed by atoms with E-state index in [0.717, 1.165) is 5.03 Å². The maximum absolute atomic E-state index is 12.1. The third-order valence-electron chi connectivity index (χ3n) is 2.32. The van der Waals surface area contributed by atoms with Crippen LogP contribution in [0.3, 0.4) is 0 Å². The number of pyridine rings is 1. The van der Waals surface area contributed by atoms with Crippen molar-refractivity contribution in [1.29, 1.82) is 0 Å². The molecule has 0 saturated carbocycles. The Hall–Kier alpha value is -1.89. The summed E-state index contributed by atoms with van der Waals surface area (Å²) in [4.78, 5) is 21.7. The molecule has 0 atom stereocenters. The minimum Gasteiger partial charge on any atom is -0.343 e. The van der Waals surface area contributed by atoms with Gasteiger partial charge in [0.15, 0.2) is 5.82 Å². The van der Waals surface area contributed by atoms with E-state index < -0.39 is 0 Å². The Balaban J connectivity index is 2.10. The van der Waals surface area contributed by atoms with Crippen LogP contribution in [-0.4, -0.2) is 39.2 Å². The molecule has 1 amide bonds. The normalized spacial score (nSPS) is 10.3. The van der Waals surface area contributed by atoms with E-state index in [1.165, 1.54) is 23.1 Å². The molecule has 18 heavy (non-hydrogen) atoms. The first-order valence-corrected chi connectivity index (χ1v) is 6.44. The van der Waals surface area contributed by atoms with Gasteiger partial charge in [0.25, 0.3) is 5.91 Å². The van der Waals surface area contributed by atoms with Crippen LogP contribution in [0.25, 0.3) is 0 Å². The van der Waals surface area contributed by atoms with Crippen LogP contribution in [0.5, 0.6) is 0 Å². The predicted octanol–water partition coefficient (Wildman–Crippen LogP) is 1.46. The molecule has 0 spiro atoms. The lowest BCUT2D eigenvalue weighted by molar-refractivity contribution is 0.0780. The Bertz CT molecular complexity index is 530. The van der Waals surface area contributed by atoms with Gasteiger partial charge in [-0.25, -0.2) is 4.98 Å². The summed E-state index contributed by atoms with van der Waals surface area (Å²) < 4.78 is 4.62. The van der Waals surface area contributed by atoms with Crippen molar-refractivity contribution in [3.8, 4) is 0 Å². The van der Waals surface area contributed by atoms with E-state index in [-0.39, 0.29) is 5.91 Å². The Morgan fingerprint density at radius 2 is 2.33 bits per heavy atom. The lowest BCUT2D eigenvalue weighted by Gasteiger charge is -2.15.